The predicted molar refractivity (Wildman–Crippen MR) is 97.5 cm³/mol. The van der Waals surface area contributed by atoms with Gasteiger partial charge in [0.25, 0.3) is 0 Å². The zero-order valence-corrected chi connectivity index (χ0v) is 15.1. The summed E-state index contributed by atoms with van der Waals surface area (Å²) >= 11 is 5.64. The average molecular weight is 372 g/mol. The van der Waals surface area contributed by atoms with Crippen LogP contribution in [0.2, 0.25) is 5.02 Å². The fraction of sp³-hybridized carbons (Fsp3) is 0.278. The highest BCUT2D eigenvalue weighted by molar-refractivity contribution is 6.31. The van der Waals surface area contributed by atoms with E-state index < -0.39 is 11.7 Å². The minimum absolute atomic E-state index is 0.252. The minimum Gasteiger partial charge on any atom is -0.388 e. The highest BCUT2D eigenvalue weighted by Gasteiger charge is 2.33. The molecule has 25 heavy (non-hydrogen) atoms. The molecule has 1 aromatic rings. The molecule has 0 bridgehead atoms. The van der Waals surface area contributed by atoms with Crippen molar-refractivity contribution in [3.8, 4) is 0 Å². The maximum Gasteiger partial charge on any atom is 0.417 e. The van der Waals surface area contributed by atoms with Crippen LogP contribution in [0.15, 0.2) is 59.6 Å². The third-order valence-corrected chi connectivity index (χ3v) is 3.78. The van der Waals surface area contributed by atoms with Crippen LogP contribution in [-0.2, 0) is 12.6 Å². The van der Waals surface area contributed by atoms with Crippen LogP contribution in [0.4, 0.5) is 13.2 Å². The molecule has 0 aliphatic heterocycles. The SMILES string of the molecule is C=CNC(/N=C(\C)Cc1ccc(Cl)c(C(F)(F)F)c1)=C(/C)C(=C)NC. The van der Waals surface area contributed by atoms with Gasteiger partial charge < -0.3 is 10.6 Å². The summed E-state index contributed by atoms with van der Waals surface area (Å²) in [5.41, 5.74) is 1.70. The Morgan fingerprint density at radius 1 is 1.32 bits per heavy atom. The molecule has 0 fully saturated rings. The van der Waals surface area contributed by atoms with E-state index in [1.165, 1.54) is 12.3 Å². The Balaban J connectivity index is 3.15. The zero-order chi connectivity index (χ0) is 19.2. The fourth-order valence-electron chi connectivity index (χ4n) is 2.08. The minimum atomic E-state index is -4.49. The second kappa shape index (κ2) is 8.76. The molecule has 0 saturated carbocycles. The van der Waals surface area contributed by atoms with Gasteiger partial charge in [-0.2, -0.15) is 13.2 Å². The number of nitrogens with one attached hydrogen (secondary N) is 2. The van der Waals surface area contributed by atoms with E-state index in [0.29, 0.717) is 22.8 Å². The molecule has 136 valence electrons. The van der Waals surface area contributed by atoms with Crippen molar-refractivity contribution < 1.29 is 13.2 Å². The van der Waals surface area contributed by atoms with Gasteiger partial charge in [-0.3, -0.25) is 0 Å². The number of alkyl halides is 3. The lowest BCUT2D eigenvalue weighted by atomic mass is 10.1. The molecule has 0 saturated heterocycles. The van der Waals surface area contributed by atoms with Crippen LogP contribution < -0.4 is 10.6 Å². The van der Waals surface area contributed by atoms with Gasteiger partial charge in [0.05, 0.1) is 10.6 Å². The molecule has 2 N–H and O–H groups in total. The molecule has 0 unspecified atom stereocenters. The van der Waals surface area contributed by atoms with E-state index in [-0.39, 0.29) is 11.4 Å². The number of allylic oxidation sites excluding steroid dienone is 1. The van der Waals surface area contributed by atoms with Crippen LogP contribution in [0.25, 0.3) is 0 Å². The molecular formula is C18H21ClF3N3. The number of halogens is 4. The Hall–Kier alpha value is -2.21. The molecule has 7 heteroatoms. The second-order valence-electron chi connectivity index (χ2n) is 5.39. The summed E-state index contributed by atoms with van der Waals surface area (Å²) < 4.78 is 38.9. The summed E-state index contributed by atoms with van der Waals surface area (Å²) in [6, 6.07) is 3.85. The van der Waals surface area contributed by atoms with Crippen molar-refractivity contribution >= 4 is 17.3 Å². The summed E-state index contributed by atoms with van der Waals surface area (Å²) in [6.07, 6.45) is -2.76. The van der Waals surface area contributed by atoms with Crippen LogP contribution in [0.5, 0.6) is 0 Å². The molecular weight excluding hydrogens is 351 g/mol. The molecule has 0 atom stereocenters. The Labute approximate surface area is 151 Å². The van der Waals surface area contributed by atoms with Crippen molar-refractivity contribution in [2.24, 2.45) is 4.99 Å². The number of benzene rings is 1. The first-order chi connectivity index (χ1) is 11.6. The molecule has 0 aliphatic carbocycles. The quantitative estimate of drug-likeness (QED) is 0.519. The lowest BCUT2D eigenvalue weighted by Crippen LogP contribution is -2.14. The number of hydrogen-bond acceptors (Lipinski definition) is 3. The van der Waals surface area contributed by atoms with Crippen LogP contribution >= 0.6 is 11.6 Å². The van der Waals surface area contributed by atoms with Crippen molar-refractivity contribution in [3.05, 3.63) is 70.8 Å². The first kappa shape index (κ1) is 20.8. The first-order valence-corrected chi connectivity index (χ1v) is 7.83. The van der Waals surface area contributed by atoms with Crippen molar-refractivity contribution in [1.82, 2.24) is 10.6 Å². The zero-order valence-electron chi connectivity index (χ0n) is 14.4. The van der Waals surface area contributed by atoms with Gasteiger partial charge in [0, 0.05) is 30.5 Å². The number of nitrogens with zero attached hydrogens (tertiary/aromatic N) is 1. The normalized spacial score (nSPS) is 13.2. The third-order valence-electron chi connectivity index (χ3n) is 3.45. The fourth-order valence-corrected chi connectivity index (χ4v) is 2.30. The molecule has 3 nitrogen and oxygen atoms in total. The van der Waals surface area contributed by atoms with Gasteiger partial charge in [0.1, 0.15) is 5.82 Å². The Morgan fingerprint density at radius 3 is 2.48 bits per heavy atom. The Kier molecular flexibility index (Phi) is 7.30. The number of likely N-dealkylation sites (N-methyl/N-ethyl adjacent to an activating group) is 1. The van der Waals surface area contributed by atoms with E-state index in [2.05, 4.69) is 28.8 Å². The molecule has 1 rings (SSSR count). The standard InChI is InChI=1S/C18H21ClF3N3/c1-6-24-17(12(3)13(4)23-5)25-11(2)9-14-7-8-16(19)15(10-14)18(20,21)22/h6-8,10,23-24H,1,4,9H2,2-3,5H3/b17-12+,25-11+. The molecule has 0 radical (unpaired) electrons. The van der Waals surface area contributed by atoms with Crippen LogP contribution in [-0.4, -0.2) is 12.8 Å². The average Bonchev–Trinajstić information content (AvgIpc) is 2.53. The topological polar surface area (TPSA) is 36.4 Å². The van der Waals surface area contributed by atoms with E-state index in [1.807, 2.05) is 6.92 Å². The summed E-state index contributed by atoms with van der Waals surface area (Å²) in [5, 5.41) is 5.52. The van der Waals surface area contributed by atoms with Crippen molar-refractivity contribution in [2.75, 3.05) is 7.05 Å². The van der Waals surface area contributed by atoms with Gasteiger partial charge in [-0.05, 0) is 37.7 Å². The van der Waals surface area contributed by atoms with E-state index in [9.17, 15) is 13.2 Å². The first-order valence-electron chi connectivity index (χ1n) is 7.45. The number of hydrogen-bond donors (Lipinski definition) is 2. The maximum atomic E-state index is 13.0. The van der Waals surface area contributed by atoms with Crippen molar-refractivity contribution in [1.29, 1.82) is 0 Å². The molecule has 0 aliphatic rings. The predicted octanol–water partition coefficient (Wildman–Crippen LogP) is 5.06. The maximum absolute atomic E-state index is 13.0. The number of aliphatic imine (C=N–C) groups is 1. The monoisotopic (exact) mass is 371 g/mol. The Bertz CT molecular complexity index is 719. The smallest absolute Gasteiger partial charge is 0.388 e. The van der Waals surface area contributed by atoms with Crippen LogP contribution in [0.1, 0.15) is 25.0 Å². The summed E-state index contributed by atoms with van der Waals surface area (Å²) in [6.45, 7) is 11.0. The lowest BCUT2D eigenvalue weighted by molar-refractivity contribution is -0.137. The Morgan fingerprint density at radius 2 is 1.96 bits per heavy atom. The highest BCUT2D eigenvalue weighted by atomic mass is 35.5. The van der Waals surface area contributed by atoms with Crippen LogP contribution in [0.3, 0.4) is 0 Å². The van der Waals surface area contributed by atoms with E-state index in [1.54, 1.807) is 20.0 Å². The van der Waals surface area contributed by atoms with Gasteiger partial charge in [-0.25, -0.2) is 4.99 Å². The molecule has 0 heterocycles. The molecule has 1 aromatic carbocycles. The van der Waals surface area contributed by atoms with Gasteiger partial charge in [-0.15, -0.1) is 0 Å². The van der Waals surface area contributed by atoms with Gasteiger partial charge in [0.15, 0.2) is 0 Å². The van der Waals surface area contributed by atoms with Crippen molar-refractivity contribution in [3.63, 3.8) is 0 Å². The lowest BCUT2D eigenvalue weighted by Gasteiger charge is -2.13. The summed E-state index contributed by atoms with van der Waals surface area (Å²) in [5.74, 6) is 0.525. The van der Waals surface area contributed by atoms with E-state index >= 15 is 0 Å². The van der Waals surface area contributed by atoms with Gasteiger partial charge >= 0.3 is 6.18 Å². The summed E-state index contributed by atoms with van der Waals surface area (Å²) in [4.78, 5) is 4.44. The van der Waals surface area contributed by atoms with Gasteiger partial charge in [-0.1, -0.05) is 30.8 Å². The number of rotatable bonds is 7. The van der Waals surface area contributed by atoms with E-state index in [4.69, 9.17) is 11.6 Å². The highest BCUT2D eigenvalue weighted by Crippen LogP contribution is 2.35. The molecule has 0 aromatic heterocycles. The van der Waals surface area contributed by atoms with Crippen LogP contribution in [0, 0.1) is 0 Å². The molecule has 0 amide bonds. The molecule has 0 spiro atoms. The largest absolute Gasteiger partial charge is 0.417 e. The van der Waals surface area contributed by atoms with Crippen molar-refractivity contribution in [2.45, 2.75) is 26.4 Å². The van der Waals surface area contributed by atoms with E-state index in [0.717, 1.165) is 11.6 Å². The summed E-state index contributed by atoms with van der Waals surface area (Å²) in [7, 11) is 1.74. The van der Waals surface area contributed by atoms with Gasteiger partial charge in [0.2, 0.25) is 0 Å². The third kappa shape index (κ3) is 5.98. The second-order valence-corrected chi connectivity index (χ2v) is 5.79.